The van der Waals surface area contributed by atoms with Gasteiger partial charge in [0.15, 0.2) is 0 Å². The third-order valence-electron chi connectivity index (χ3n) is 10.4. The maximum absolute atomic E-state index is 13.6. The molecule has 7 rings (SSSR count). The van der Waals surface area contributed by atoms with Crippen molar-refractivity contribution in [1.82, 2.24) is 15.3 Å². The number of hydrogen-bond donors (Lipinski definition) is 6. The number of aromatic nitrogens is 2. The van der Waals surface area contributed by atoms with E-state index in [9.17, 15) is 9.59 Å². The Bertz CT molecular complexity index is 2260. The van der Waals surface area contributed by atoms with E-state index in [1.807, 2.05) is 48.5 Å². The Balaban J connectivity index is 1.39. The summed E-state index contributed by atoms with van der Waals surface area (Å²) in [6.07, 6.45) is 3.92. The van der Waals surface area contributed by atoms with E-state index in [4.69, 9.17) is 0 Å². The van der Waals surface area contributed by atoms with Crippen LogP contribution < -0.4 is 26.6 Å². The largest absolute Gasteiger partial charge is 0.381 e. The van der Waals surface area contributed by atoms with E-state index < -0.39 is 11.8 Å². The van der Waals surface area contributed by atoms with E-state index in [1.54, 1.807) is 18.2 Å². The number of aryl methyl sites for hydroxylation is 1. The predicted octanol–water partition coefficient (Wildman–Crippen LogP) is 9.37. The SMILES string of the molecule is CCCC1=C(C)/C2=C(/c3ccc(C)cc3)c3[nH]c(c(CCC)c3C)CNc3ccccc3NC(=O)c3cccc(n3)C(=O)Nc3ccccc3NCC1N2. The highest BCUT2D eigenvalue weighted by atomic mass is 16.2. The minimum Gasteiger partial charge on any atom is -0.381 e. The minimum atomic E-state index is -0.407. The van der Waals surface area contributed by atoms with Gasteiger partial charge in [-0.3, -0.25) is 9.59 Å². The van der Waals surface area contributed by atoms with Crippen LogP contribution >= 0.6 is 0 Å². The lowest BCUT2D eigenvalue weighted by atomic mass is 9.92. The van der Waals surface area contributed by atoms with Crippen LogP contribution in [0.1, 0.15) is 94.7 Å². The number of aromatic amines is 1. The Morgan fingerprint density at radius 2 is 1.28 bits per heavy atom. The zero-order chi connectivity index (χ0) is 37.8. The van der Waals surface area contributed by atoms with Gasteiger partial charge in [-0.05, 0) is 97.8 Å². The molecule has 9 heteroatoms. The van der Waals surface area contributed by atoms with Crippen LogP contribution in [0.4, 0.5) is 22.7 Å². The van der Waals surface area contributed by atoms with Gasteiger partial charge in [-0.1, -0.05) is 86.8 Å². The zero-order valence-corrected chi connectivity index (χ0v) is 31.7. The van der Waals surface area contributed by atoms with Crippen LogP contribution in [0.2, 0.25) is 0 Å². The molecule has 6 N–H and O–H groups in total. The number of carbonyl (C=O) groups excluding carboxylic acids is 2. The molecule has 1 atom stereocenters. The Morgan fingerprint density at radius 3 is 1.89 bits per heavy atom. The van der Waals surface area contributed by atoms with Crippen molar-refractivity contribution in [2.75, 3.05) is 27.8 Å². The average Bonchev–Trinajstić information content (AvgIpc) is 3.65. The summed E-state index contributed by atoms with van der Waals surface area (Å²) in [5.74, 6) is -0.809. The molecule has 0 spiro atoms. The summed E-state index contributed by atoms with van der Waals surface area (Å²) in [6.45, 7) is 12.2. The second-order valence-electron chi connectivity index (χ2n) is 14.2. The fraction of sp³-hybridized carbons (Fsp3) is 0.267. The van der Waals surface area contributed by atoms with Crippen LogP contribution in [-0.2, 0) is 13.0 Å². The number of carbonyl (C=O) groups is 2. The van der Waals surface area contributed by atoms with Gasteiger partial charge in [0.05, 0.1) is 41.0 Å². The third-order valence-corrected chi connectivity index (χ3v) is 10.4. The number of fused-ring (bicyclic) bond motifs is 8. The number of anilines is 4. The predicted molar refractivity (Wildman–Crippen MR) is 220 cm³/mol. The van der Waals surface area contributed by atoms with Crippen molar-refractivity contribution in [1.29, 1.82) is 0 Å². The van der Waals surface area contributed by atoms with Crippen molar-refractivity contribution >= 4 is 40.1 Å². The Morgan fingerprint density at radius 1 is 0.685 bits per heavy atom. The molecule has 5 aromatic rings. The summed E-state index contributed by atoms with van der Waals surface area (Å²) in [4.78, 5) is 35.5. The number of nitrogens with zero attached hydrogens (tertiary/aromatic N) is 1. The molecule has 6 bridgehead atoms. The van der Waals surface area contributed by atoms with E-state index in [-0.39, 0.29) is 17.4 Å². The lowest BCUT2D eigenvalue weighted by Crippen LogP contribution is -2.32. The molecule has 0 saturated heterocycles. The summed E-state index contributed by atoms with van der Waals surface area (Å²) in [5, 5.41) is 17.3. The van der Waals surface area contributed by atoms with Crippen molar-refractivity contribution in [3.63, 3.8) is 0 Å². The van der Waals surface area contributed by atoms with Crippen molar-refractivity contribution in [2.45, 2.75) is 72.9 Å². The molecule has 2 amide bonds. The van der Waals surface area contributed by atoms with Crippen LogP contribution in [0.3, 0.4) is 0 Å². The van der Waals surface area contributed by atoms with Gasteiger partial charge in [-0.2, -0.15) is 0 Å². The number of rotatable bonds is 5. The quantitative estimate of drug-likeness (QED) is 0.108. The normalized spacial score (nSPS) is 17.5. The zero-order valence-electron chi connectivity index (χ0n) is 31.7. The topological polar surface area (TPSA) is 123 Å². The molecule has 0 radical (unpaired) electrons. The molecular weight excluding hydrogens is 671 g/mol. The van der Waals surface area contributed by atoms with E-state index >= 15 is 0 Å². The molecule has 0 aliphatic carbocycles. The number of nitrogens with one attached hydrogen (secondary N) is 6. The van der Waals surface area contributed by atoms with Gasteiger partial charge in [0.2, 0.25) is 0 Å². The van der Waals surface area contributed by atoms with Crippen LogP contribution in [-0.4, -0.2) is 34.4 Å². The molecule has 2 aromatic heterocycles. The van der Waals surface area contributed by atoms with E-state index in [0.29, 0.717) is 24.5 Å². The average molecular weight is 720 g/mol. The number of pyridine rings is 1. The van der Waals surface area contributed by atoms with E-state index in [0.717, 1.165) is 65.3 Å². The van der Waals surface area contributed by atoms with Crippen LogP contribution in [0, 0.1) is 13.8 Å². The van der Waals surface area contributed by atoms with Crippen molar-refractivity contribution in [3.05, 3.63) is 153 Å². The van der Waals surface area contributed by atoms with Gasteiger partial charge < -0.3 is 31.6 Å². The molecule has 1 unspecified atom stereocenters. The first-order valence-electron chi connectivity index (χ1n) is 19.0. The Labute approximate surface area is 317 Å². The fourth-order valence-corrected chi connectivity index (χ4v) is 7.63. The highest BCUT2D eigenvalue weighted by Gasteiger charge is 2.31. The van der Waals surface area contributed by atoms with Gasteiger partial charge >= 0.3 is 0 Å². The minimum absolute atomic E-state index is 0.0295. The molecule has 2 aliphatic heterocycles. The molecule has 0 saturated carbocycles. The van der Waals surface area contributed by atoms with Crippen molar-refractivity contribution < 1.29 is 9.59 Å². The number of allylic oxidation sites excluding steroid dienone is 1. The molecule has 2 aliphatic rings. The van der Waals surface area contributed by atoms with E-state index in [2.05, 4.69) is 95.4 Å². The van der Waals surface area contributed by atoms with Gasteiger partial charge in [-0.25, -0.2) is 4.98 Å². The van der Waals surface area contributed by atoms with Crippen LogP contribution in [0.5, 0.6) is 0 Å². The molecule has 54 heavy (non-hydrogen) atoms. The highest BCUT2D eigenvalue weighted by Crippen LogP contribution is 2.39. The Hall–Kier alpha value is -6.09. The second kappa shape index (κ2) is 15.9. The first-order chi connectivity index (χ1) is 26.2. The lowest BCUT2D eigenvalue weighted by molar-refractivity contribution is 0.101. The number of H-pyrrole nitrogens is 1. The fourth-order valence-electron chi connectivity index (χ4n) is 7.63. The summed E-state index contributed by atoms with van der Waals surface area (Å²) >= 11 is 0. The number of hydrogen-bond acceptors (Lipinski definition) is 6. The molecule has 276 valence electrons. The molecular formula is C45H49N7O2. The third kappa shape index (κ3) is 7.39. The molecule has 0 fully saturated rings. The monoisotopic (exact) mass is 719 g/mol. The molecule has 9 nitrogen and oxygen atoms in total. The summed E-state index contributed by atoms with van der Waals surface area (Å²) in [5.41, 5.74) is 15.1. The van der Waals surface area contributed by atoms with Gasteiger partial charge in [0.1, 0.15) is 11.4 Å². The first kappa shape index (κ1) is 36.3. The van der Waals surface area contributed by atoms with Gasteiger partial charge in [-0.15, -0.1) is 0 Å². The maximum Gasteiger partial charge on any atom is 0.274 e. The van der Waals surface area contributed by atoms with Gasteiger partial charge in [0.25, 0.3) is 11.8 Å². The smallest absolute Gasteiger partial charge is 0.274 e. The maximum atomic E-state index is 13.6. The van der Waals surface area contributed by atoms with Crippen molar-refractivity contribution in [3.8, 4) is 0 Å². The van der Waals surface area contributed by atoms with Crippen molar-refractivity contribution in [2.24, 2.45) is 0 Å². The number of para-hydroxylation sites is 4. The number of benzene rings is 3. The van der Waals surface area contributed by atoms with Crippen LogP contribution in [0.15, 0.2) is 108 Å². The molecule has 4 heterocycles. The Kier molecular flexibility index (Phi) is 10.7. The molecule has 3 aromatic carbocycles. The summed E-state index contributed by atoms with van der Waals surface area (Å²) in [7, 11) is 0. The highest BCUT2D eigenvalue weighted by molar-refractivity contribution is 6.07. The van der Waals surface area contributed by atoms with Gasteiger partial charge in [0, 0.05) is 23.5 Å². The standard InChI is InChI=1S/C45H49N7O2/c1-6-13-31-28(4)42-41(30-23-21-27(3)22-24-30)43-29(5)32(14-7-2)40(50-43)26-47-34-16-9-11-18-36(34)52-45(54)38-20-12-19-37(48-38)44(53)51-35-17-10-8-15-33(35)46-25-39(31)49-42/h8-12,15-24,39,46-47,49-50H,6-7,13-14,25-26H2,1-5H3,(H,51,53)(H,52,54)/b42-41+. The second-order valence-corrected chi connectivity index (χ2v) is 14.2. The van der Waals surface area contributed by atoms with Crippen LogP contribution in [0.25, 0.3) is 5.57 Å². The summed E-state index contributed by atoms with van der Waals surface area (Å²) in [6, 6.07) is 29.1. The summed E-state index contributed by atoms with van der Waals surface area (Å²) < 4.78 is 0. The number of amides is 2. The van der Waals surface area contributed by atoms with E-state index in [1.165, 1.54) is 27.8 Å². The first-order valence-corrected chi connectivity index (χ1v) is 19.0. The lowest BCUT2D eigenvalue weighted by Gasteiger charge is -2.21.